The van der Waals surface area contributed by atoms with Crippen LogP contribution in [-0.2, 0) is 16.9 Å². The molecular formula is C17H16N4OS. The van der Waals surface area contributed by atoms with Crippen LogP contribution in [-0.4, -0.2) is 23.9 Å². The van der Waals surface area contributed by atoms with Crippen molar-refractivity contribution in [1.29, 1.82) is 0 Å². The summed E-state index contributed by atoms with van der Waals surface area (Å²) in [5.74, 6) is 0.347. The van der Waals surface area contributed by atoms with Gasteiger partial charge < -0.3 is 8.95 Å². The Morgan fingerprint density at radius 1 is 1.22 bits per heavy atom. The molecule has 0 amide bonds. The molecule has 23 heavy (non-hydrogen) atoms. The van der Waals surface area contributed by atoms with Crippen molar-refractivity contribution in [2.45, 2.75) is 24.8 Å². The Balaban J connectivity index is 1.66. The molecule has 0 radical (unpaired) electrons. The second-order valence-corrected chi connectivity index (χ2v) is 7.07. The van der Waals surface area contributed by atoms with Gasteiger partial charge in [-0.1, -0.05) is 12.1 Å². The van der Waals surface area contributed by atoms with Gasteiger partial charge in [0.15, 0.2) is 5.75 Å². The zero-order valence-electron chi connectivity index (χ0n) is 12.9. The van der Waals surface area contributed by atoms with E-state index in [1.54, 1.807) is 0 Å². The van der Waals surface area contributed by atoms with Gasteiger partial charge in [0.1, 0.15) is 11.3 Å². The minimum Gasteiger partial charge on any atom is -0.609 e. The average Bonchev–Trinajstić information content (AvgIpc) is 3.10. The number of H-pyrrole nitrogens is 1. The van der Waals surface area contributed by atoms with Crippen LogP contribution in [0.2, 0.25) is 0 Å². The summed E-state index contributed by atoms with van der Waals surface area (Å²) in [6.07, 6.45) is 3.84. The third kappa shape index (κ3) is 2.60. The monoisotopic (exact) mass is 324 g/mol. The molecule has 1 N–H and O–H groups in total. The van der Waals surface area contributed by atoms with Crippen LogP contribution in [0.15, 0.2) is 47.9 Å². The molecule has 0 bridgehead atoms. The van der Waals surface area contributed by atoms with Crippen LogP contribution in [0.3, 0.4) is 0 Å². The van der Waals surface area contributed by atoms with Crippen molar-refractivity contribution in [3.05, 3.63) is 59.5 Å². The minimum atomic E-state index is -1.25. The molecule has 0 aliphatic rings. The van der Waals surface area contributed by atoms with Gasteiger partial charge in [0, 0.05) is 23.6 Å². The largest absolute Gasteiger partial charge is 0.609 e. The molecule has 0 saturated heterocycles. The number of fused-ring (bicyclic) bond motifs is 2. The number of rotatable bonds is 3. The fourth-order valence-corrected chi connectivity index (χ4v) is 3.78. The van der Waals surface area contributed by atoms with Crippen molar-refractivity contribution in [1.82, 2.24) is 19.4 Å². The van der Waals surface area contributed by atoms with Crippen molar-refractivity contribution in [2.75, 3.05) is 0 Å². The zero-order valence-corrected chi connectivity index (χ0v) is 13.7. The molecule has 0 saturated carbocycles. The van der Waals surface area contributed by atoms with Crippen molar-refractivity contribution in [2.24, 2.45) is 0 Å². The summed E-state index contributed by atoms with van der Waals surface area (Å²) in [5, 5.41) is 0.505. The van der Waals surface area contributed by atoms with Gasteiger partial charge in [-0.15, -0.1) is 0 Å². The van der Waals surface area contributed by atoms with E-state index in [4.69, 9.17) is 0 Å². The van der Waals surface area contributed by atoms with Gasteiger partial charge in [-0.05, 0) is 43.2 Å². The number of aromatic nitrogens is 4. The van der Waals surface area contributed by atoms with Crippen molar-refractivity contribution < 1.29 is 4.55 Å². The molecule has 5 nitrogen and oxygen atoms in total. The quantitative estimate of drug-likeness (QED) is 0.589. The molecule has 4 aromatic rings. The number of aromatic amines is 1. The maximum absolute atomic E-state index is 12.6. The topological polar surface area (TPSA) is 69.0 Å². The molecule has 1 aromatic carbocycles. The van der Waals surface area contributed by atoms with Crippen LogP contribution in [0, 0.1) is 13.8 Å². The second kappa shape index (κ2) is 5.40. The van der Waals surface area contributed by atoms with Gasteiger partial charge in [-0.25, -0.2) is 4.98 Å². The van der Waals surface area contributed by atoms with E-state index in [9.17, 15) is 4.55 Å². The summed E-state index contributed by atoms with van der Waals surface area (Å²) in [4.78, 5) is 12.2. The first-order chi connectivity index (χ1) is 11.1. The SMILES string of the molecule is Cc1cc(C)c2nc([S+]([O-])Cc3cn4ccccc4n3)[nH]c2c1. The molecule has 0 spiro atoms. The predicted octanol–water partition coefficient (Wildman–Crippen LogP) is 3.14. The summed E-state index contributed by atoms with van der Waals surface area (Å²) in [6, 6.07) is 9.92. The van der Waals surface area contributed by atoms with E-state index in [2.05, 4.69) is 21.0 Å². The second-order valence-electron chi connectivity index (χ2n) is 5.71. The van der Waals surface area contributed by atoms with E-state index in [0.29, 0.717) is 10.9 Å². The van der Waals surface area contributed by atoms with Gasteiger partial charge in [0.05, 0.1) is 11.0 Å². The highest BCUT2D eigenvalue weighted by Crippen LogP contribution is 2.22. The molecule has 0 aliphatic heterocycles. The van der Waals surface area contributed by atoms with E-state index >= 15 is 0 Å². The molecule has 116 valence electrons. The molecule has 1 unspecified atom stereocenters. The minimum absolute atomic E-state index is 0.347. The molecule has 0 fully saturated rings. The van der Waals surface area contributed by atoms with Gasteiger partial charge in [-0.3, -0.25) is 4.98 Å². The van der Waals surface area contributed by atoms with Crippen LogP contribution in [0.1, 0.15) is 16.8 Å². The maximum Gasteiger partial charge on any atom is 0.322 e. The normalized spacial score (nSPS) is 13.0. The Bertz CT molecular complexity index is 971. The predicted molar refractivity (Wildman–Crippen MR) is 90.9 cm³/mol. The summed E-state index contributed by atoms with van der Waals surface area (Å²) in [6.45, 7) is 4.06. The highest BCUT2D eigenvalue weighted by Gasteiger charge is 2.19. The maximum atomic E-state index is 12.6. The zero-order chi connectivity index (χ0) is 16.0. The van der Waals surface area contributed by atoms with Crippen molar-refractivity contribution in [3.8, 4) is 0 Å². The van der Waals surface area contributed by atoms with E-state index in [-0.39, 0.29) is 0 Å². The van der Waals surface area contributed by atoms with Crippen LogP contribution in [0.5, 0.6) is 0 Å². The van der Waals surface area contributed by atoms with Gasteiger partial charge in [0.2, 0.25) is 0 Å². The lowest BCUT2D eigenvalue weighted by molar-refractivity contribution is 0.587. The number of hydrogen-bond donors (Lipinski definition) is 1. The molecule has 1 atom stereocenters. The standard InChI is InChI=1S/C17H16N4OS/c1-11-7-12(2)16-14(8-11)19-17(20-16)23(22)10-13-9-21-6-4-3-5-15(21)18-13/h3-9H,10H2,1-2H3,(H,19,20). The summed E-state index contributed by atoms with van der Waals surface area (Å²) in [7, 11) is 0. The van der Waals surface area contributed by atoms with Crippen LogP contribution in [0.4, 0.5) is 0 Å². The van der Waals surface area contributed by atoms with E-state index in [1.807, 2.05) is 54.9 Å². The Morgan fingerprint density at radius 3 is 2.91 bits per heavy atom. The Hall–Kier alpha value is -2.31. The Labute approximate surface area is 136 Å². The first-order valence-electron chi connectivity index (χ1n) is 7.38. The summed E-state index contributed by atoms with van der Waals surface area (Å²) < 4.78 is 14.6. The fraction of sp³-hybridized carbons (Fsp3) is 0.176. The Kier molecular flexibility index (Phi) is 3.36. The smallest absolute Gasteiger partial charge is 0.322 e. The van der Waals surface area contributed by atoms with Crippen LogP contribution in [0.25, 0.3) is 16.7 Å². The summed E-state index contributed by atoms with van der Waals surface area (Å²) >= 11 is -1.25. The number of benzene rings is 1. The van der Waals surface area contributed by atoms with E-state index in [1.165, 1.54) is 0 Å². The molecule has 3 aromatic heterocycles. The lowest BCUT2D eigenvalue weighted by Gasteiger charge is -2.03. The molecular weight excluding hydrogens is 308 g/mol. The third-order valence-corrected chi connectivity index (χ3v) is 4.99. The average molecular weight is 324 g/mol. The van der Waals surface area contributed by atoms with E-state index < -0.39 is 11.2 Å². The summed E-state index contributed by atoms with van der Waals surface area (Å²) in [5.41, 5.74) is 5.72. The number of nitrogens with one attached hydrogen (secondary N) is 1. The molecule has 6 heteroatoms. The number of pyridine rings is 1. The van der Waals surface area contributed by atoms with Crippen molar-refractivity contribution in [3.63, 3.8) is 0 Å². The number of nitrogens with zero attached hydrogens (tertiary/aromatic N) is 3. The fourth-order valence-electron chi connectivity index (χ4n) is 2.82. The third-order valence-electron chi connectivity index (χ3n) is 3.81. The first-order valence-corrected chi connectivity index (χ1v) is 8.70. The molecule has 4 rings (SSSR count). The molecule has 0 aliphatic carbocycles. The first kappa shape index (κ1) is 14.3. The van der Waals surface area contributed by atoms with Crippen LogP contribution < -0.4 is 0 Å². The lowest BCUT2D eigenvalue weighted by Crippen LogP contribution is -2.07. The van der Waals surface area contributed by atoms with Gasteiger partial charge in [0.25, 0.3) is 0 Å². The number of imidazole rings is 2. The highest BCUT2D eigenvalue weighted by molar-refractivity contribution is 7.90. The number of aryl methyl sites for hydroxylation is 2. The van der Waals surface area contributed by atoms with Gasteiger partial charge >= 0.3 is 5.16 Å². The molecule has 3 heterocycles. The van der Waals surface area contributed by atoms with E-state index in [0.717, 1.165) is 33.5 Å². The highest BCUT2D eigenvalue weighted by atomic mass is 32.2. The van der Waals surface area contributed by atoms with Crippen molar-refractivity contribution >= 4 is 27.9 Å². The van der Waals surface area contributed by atoms with Gasteiger partial charge in [-0.2, -0.15) is 4.98 Å². The Morgan fingerprint density at radius 2 is 2.09 bits per heavy atom. The number of hydrogen-bond acceptors (Lipinski definition) is 3. The lowest BCUT2D eigenvalue weighted by atomic mass is 10.1. The van der Waals surface area contributed by atoms with Crippen LogP contribution >= 0.6 is 0 Å².